The molecule has 0 aromatic heterocycles. The van der Waals surface area contributed by atoms with E-state index in [1.165, 1.54) is 0 Å². The van der Waals surface area contributed by atoms with Crippen LogP contribution in [0.4, 0.5) is 0 Å². The Morgan fingerprint density at radius 1 is 1.04 bits per heavy atom. The third-order valence-electron chi connectivity index (χ3n) is 4.74. The average molecular weight is 356 g/mol. The van der Waals surface area contributed by atoms with E-state index in [4.69, 9.17) is 0 Å². The highest BCUT2D eigenvalue weighted by atomic mass is 32.2. The molecule has 0 aliphatic carbocycles. The first kappa shape index (κ1) is 17.9. The normalized spacial score (nSPS) is 23.1. The van der Waals surface area contributed by atoms with Gasteiger partial charge in [-0.3, -0.25) is 0 Å². The number of hydrogen-bond acceptors (Lipinski definition) is 2. The molecule has 132 valence electrons. The second-order valence-electron chi connectivity index (χ2n) is 6.84. The predicted octanol–water partition coefficient (Wildman–Crippen LogP) is 4.17. The van der Waals surface area contributed by atoms with Gasteiger partial charge in [0, 0.05) is 0 Å². The SMILES string of the molecule is C/C=C/C1C(Cc2ccccc2)N1S(=O)(=O)c1c(C)cc(C)cc1C. The van der Waals surface area contributed by atoms with Gasteiger partial charge in [-0.2, -0.15) is 4.31 Å². The molecule has 3 atom stereocenters. The van der Waals surface area contributed by atoms with Crippen LogP contribution in [-0.2, 0) is 16.4 Å². The van der Waals surface area contributed by atoms with Crippen molar-refractivity contribution in [2.75, 3.05) is 0 Å². The minimum absolute atomic E-state index is 0.0105. The number of nitrogens with zero attached hydrogens (tertiary/aromatic N) is 1. The quantitative estimate of drug-likeness (QED) is 0.596. The predicted molar refractivity (Wildman–Crippen MR) is 102 cm³/mol. The fraction of sp³-hybridized carbons (Fsp3) is 0.333. The first-order valence-electron chi connectivity index (χ1n) is 8.64. The summed E-state index contributed by atoms with van der Waals surface area (Å²) in [5.74, 6) is 0. The Morgan fingerprint density at radius 2 is 1.64 bits per heavy atom. The molecule has 3 nitrogen and oxygen atoms in total. The van der Waals surface area contributed by atoms with Crippen molar-refractivity contribution in [1.29, 1.82) is 0 Å². The minimum Gasteiger partial charge on any atom is -0.207 e. The lowest BCUT2D eigenvalue weighted by Gasteiger charge is -2.13. The Labute approximate surface area is 151 Å². The lowest BCUT2D eigenvalue weighted by Crippen LogP contribution is -2.19. The van der Waals surface area contributed by atoms with E-state index in [0.29, 0.717) is 4.90 Å². The number of benzene rings is 2. The monoisotopic (exact) mass is 355 g/mol. The molecule has 0 radical (unpaired) electrons. The summed E-state index contributed by atoms with van der Waals surface area (Å²) in [5.41, 5.74) is 3.90. The highest BCUT2D eigenvalue weighted by molar-refractivity contribution is 7.89. The zero-order valence-corrected chi connectivity index (χ0v) is 16.0. The number of hydrogen-bond donors (Lipinski definition) is 0. The summed E-state index contributed by atoms with van der Waals surface area (Å²) in [6, 6.07) is 13.9. The molecule has 2 aromatic carbocycles. The van der Waals surface area contributed by atoms with E-state index in [0.717, 1.165) is 28.7 Å². The Morgan fingerprint density at radius 3 is 2.20 bits per heavy atom. The van der Waals surface area contributed by atoms with Gasteiger partial charge in [0.05, 0.1) is 17.0 Å². The molecular formula is C21H25NO2S. The third-order valence-corrected chi connectivity index (χ3v) is 6.97. The Hall–Kier alpha value is -1.91. The van der Waals surface area contributed by atoms with Crippen molar-refractivity contribution in [2.24, 2.45) is 0 Å². The van der Waals surface area contributed by atoms with Gasteiger partial charge in [-0.25, -0.2) is 8.42 Å². The van der Waals surface area contributed by atoms with Gasteiger partial charge in [0.1, 0.15) is 0 Å². The van der Waals surface area contributed by atoms with Gasteiger partial charge in [-0.15, -0.1) is 0 Å². The highest BCUT2D eigenvalue weighted by Gasteiger charge is 2.54. The topological polar surface area (TPSA) is 37.1 Å². The summed E-state index contributed by atoms with van der Waals surface area (Å²) < 4.78 is 28.3. The zero-order chi connectivity index (χ0) is 18.2. The molecule has 3 rings (SSSR count). The highest BCUT2D eigenvalue weighted by Crippen LogP contribution is 2.40. The molecule has 1 saturated heterocycles. The maximum Gasteiger partial charge on any atom is 0.244 e. The van der Waals surface area contributed by atoms with Crippen LogP contribution >= 0.6 is 0 Å². The number of sulfonamides is 1. The van der Waals surface area contributed by atoms with Crippen LogP contribution in [0.3, 0.4) is 0 Å². The Bertz CT molecular complexity index is 878. The summed E-state index contributed by atoms with van der Waals surface area (Å²) in [5, 5.41) is 0. The maximum atomic E-state index is 13.3. The first-order chi connectivity index (χ1) is 11.9. The molecule has 25 heavy (non-hydrogen) atoms. The molecule has 0 saturated carbocycles. The van der Waals surface area contributed by atoms with Crippen molar-refractivity contribution < 1.29 is 8.42 Å². The van der Waals surface area contributed by atoms with Gasteiger partial charge in [0.2, 0.25) is 10.0 Å². The number of aryl methyl sites for hydroxylation is 3. The van der Waals surface area contributed by atoms with Crippen LogP contribution in [0.2, 0.25) is 0 Å². The second-order valence-corrected chi connectivity index (χ2v) is 8.62. The average Bonchev–Trinajstić information content (AvgIpc) is 3.20. The standard InChI is InChI=1S/C21H25NO2S/c1-5-9-19-20(14-18-10-7-6-8-11-18)22(19)25(23,24)21-16(3)12-15(2)13-17(21)4/h5-13,19-20H,14H2,1-4H3/b9-5+. The molecule has 1 heterocycles. The van der Waals surface area contributed by atoms with E-state index in [2.05, 4.69) is 12.1 Å². The molecule has 0 bridgehead atoms. The van der Waals surface area contributed by atoms with E-state index < -0.39 is 10.0 Å². The van der Waals surface area contributed by atoms with Crippen molar-refractivity contribution in [3.05, 3.63) is 76.9 Å². The van der Waals surface area contributed by atoms with Crippen molar-refractivity contribution in [2.45, 2.75) is 51.1 Å². The van der Waals surface area contributed by atoms with Gasteiger partial charge in [-0.05, 0) is 50.8 Å². The van der Waals surface area contributed by atoms with Crippen LogP contribution in [-0.4, -0.2) is 24.8 Å². The van der Waals surface area contributed by atoms with Crippen LogP contribution in [0.5, 0.6) is 0 Å². The van der Waals surface area contributed by atoms with Gasteiger partial charge in [-0.1, -0.05) is 60.2 Å². The summed E-state index contributed by atoms with van der Waals surface area (Å²) in [7, 11) is -3.50. The molecular weight excluding hydrogens is 330 g/mol. The summed E-state index contributed by atoms with van der Waals surface area (Å²) in [4.78, 5) is 0.461. The van der Waals surface area contributed by atoms with E-state index in [9.17, 15) is 8.42 Å². The maximum absolute atomic E-state index is 13.3. The van der Waals surface area contributed by atoms with E-state index in [-0.39, 0.29) is 12.1 Å². The van der Waals surface area contributed by atoms with Gasteiger partial charge in [0.25, 0.3) is 0 Å². The molecule has 1 aliphatic rings. The number of rotatable bonds is 5. The van der Waals surface area contributed by atoms with E-state index in [1.807, 2.05) is 70.2 Å². The fourth-order valence-corrected chi connectivity index (χ4v) is 5.95. The van der Waals surface area contributed by atoms with Gasteiger partial charge < -0.3 is 0 Å². The van der Waals surface area contributed by atoms with Crippen LogP contribution in [0.15, 0.2) is 59.5 Å². The fourth-order valence-electron chi connectivity index (χ4n) is 3.77. The van der Waals surface area contributed by atoms with Crippen molar-refractivity contribution in [1.82, 2.24) is 4.31 Å². The van der Waals surface area contributed by atoms with Crippen LogP contribution < -0.4 is 0 Å². The second kappa shape index (κ2) is 6.77. The third kappa shape index (κ3) is 3.42. The smallest absolute Gasteiger partial charge is 0.207 e. The minimum atomic E-state index is -3.50. The summed E-state index contributed by atoms with van der Waals surface area (Å²) in [6.07, 6.45) is 4.66. The van der Waals surface area contributed by atoms with Crippen LogP contribution in [0.1, 0.15) is 29.2 Å². The molecule has 0 amide bonds. The van der Waals surface area contributed by atoms with E-state index in [1.54, 1.807) is 4.31 Å². The van der Waals surface area contributed by atoms with Crippen molar-refractivity contribution in [3.63, 3.8) is 0 Å². The zero-order valence-electron chi connectivity index (χ0n) is 15.2. The Balaban J connectivity index is 1.96. The molecule has 4 heteroatoms. The molecule has 3 unspecified atom stereocenters. The van der Waals surface area contributed by atoms with Crippen molar-refractivity contribution >= 4 is 10.0 Å². The van der Waals surface area contributed by atoms with Crippen LogP contribution in [0, 0.1) is 20.8 Å². The number of allylic oxidation sites excluding steroid dienone is 1. The van der Waals surface area contributed by atoms with Crippen LogP contribution in [0.25, 0.3) is 0 Å². The summed E-state index contributed by atoms with van der Waals surface area (Å²) >= 11 is 0. The molecule has 2 aromatic rings. The van der Waals surface area contributed by atoms with Gasteiger partial charge >= 0.3 is 0 Å². The molecule has 0 spiro atoms. The molecule has 1 fully saturated rings. The van der Waals surface area contributed by atoms with E-state index >= 15 is 0 Å². The summed E-state index contributed by atoms with van der Waals surface area (Å²) in [6.45, 7) is 7.69. The molecule has 0 N–H and O–H groups in total. The first-order valence-corrected chi connectivity index (χ1v) is 10.1. The van der Waals surface area contributed by atoms with Crippen molar-refractivity contribution in [3.8, 4) is 0 Å². The largest absolute Gasteiger partial charge is 0.244 e. The lowest BCUT2D eigenvalue weighted by atomic mass is 10.1. The Kier molecular flexibility index (Phi) is 4.85. The lowest BCUT2D eigenvalue weighted by molar-refractivity contribution is 0.547. The molecule has 1 aliphatic heterocycles. The van der Waals surface area contributed by atoms with Gasteiger partial charge in [0.15, 0.2) is 0 Å².